The average molecular weight is 780 g/mol. The number of nitrogens with zero attached hydrogens (tertiary/aromatic N) is 1. The zero-order chi connectivity index (χ0) is 40.2. The van der Waals surface area contributed by atoms with E-state index in [1.54, 1.807) is 0 Å². The summed E-state index contributed by atoms with van der Waals surface area (Å²) in [5.74, 6) is -2.23. The number of nitrogens with one attached hydrogen (secondary N) is 1. The molecule has 3 aromatic rings. The lowest BCUT2D eigenvalue weighted by Crippen LogP contribution is -2.54. The molecule has 5 N–H and O–H groups in total. The monoisotopic (exact) mass is 779 g/mol. The number of ether oxygens (including phenoxy) is 1. The van der Waals surface area contributed by atoms with Crippen LogP contribution < -0.4 is 16.0 Å². The van der Waals surface area contributed by atoms with Crippen molar-refractivity contribution in [1.82, 2.24) is 5.32 Å². The molecule has 0 spiro atoms. The van der Waals surface area contributed by atoms with Gasteiger partial charge in [0.15, 0.2) is 5.78 Å². The highest BCUT2D eigenvalue weighted by molar-refractivity contribution is 7.52. The first-order valence-corrected chi connectivity index (χ1v) is 20.0. The topological polar surface area (TPSA) is 176 Å². The van der Waals surface area contributed by atoms with Gasteiger partial charge < -0.3 is 25.6 Å². The van der Waals surface area contributed by atoms with Crippen molar-refractivity contribution in [3.8, 4) is 0 Å². The predicted octanol–water partition coefficient (Wildman–Crippen LogP) is 6.28. The zero-order valence-electron chi connectivity index (χ0n) is 31.3. The van der Waals surface area contributed by atoms with Crippen molar-refractivity contribution in [2.75, 3.05) is 4.90 Å². The zero-order valence-corrected chi connectivity index (χ0v) is 32.2. The third-order valence-electron chi connectivity index (χ3n) is 10.4. The molecule has 3 amide bonds. The van der Waals surface area contributed by atoms with Gasteiger partial charge in [-0.05, 0) is 84.6 Å². The lowest BCUT2D eigenvalue weighted by atomic mass is 9.92. The molecular formula is C41H48F2N3O8P. The molecule has 55 heavy (non-hydrogen) atoms. The Kier molecular flexibility index (Phi) is 12.9. The first kappa shape index (κ1) is 41.6. The maximum Gasteiger partial charge on any atom is 0.399 e. The number of rotatable bonds is 16. The van der Waals surface area contributed by atoms with Crippen molar-refractivity contribution in [3.63, 3.8) is 0 Å². The summed E-state index contributed by atoms with van der Waals surface area (Å²) in [6.07, 6.45) is 1.77. The van der Waals surface area contributed by atoms with Crippen LogP contribution in [-0.4, -0.2) is 51.5 Å². The maximum absolute atomic E-state index is 14.4. The molecule has 4 atom stereocenters. The molecule has 14 heteroatoms. The quantitative estimate of drug-likeness (QED) is 0.0971. The van der Waals surface area contributed by atoms with E-state index in [0.29, 0.717) is 24.4 Å². The fourth-order valence-electron chi connectivity index (χ4n) is 7.18. The number of primary amides is 1. The number of ketones is 1. The van der Waals surface area contributed by atoms with Crippen molar-refractivity contribution in [3.05, 3.63) is 106 Å². The summed E-state index contributed by atoms with van der Waals surface area (Å²) in [4.78, 5) is 73.5. The second-order valence-corrected chi connectivity index (χ2v) is 16.4. The average Bonchev–Trinajstić information content (AvgIpc) is 3.47. The number of para-hydroxylation sites is 1. The molecule has 2 aliphatic rings. The van der Waals surface area contributed by atoms with Crippen LogP contribution in [0.1, 0.15) is 92.7 Å². The molecular weight excluding hydrogens is 731 g/mol. The number of halogens is 2. The standard InChI is InChI=1S/C41H48F2N3O8P/c1-24(2)28-13-11-27(12-14-28)23-54-26(4)35(17-18-37(44)48)45-39(49)36-22-31-9-5-7-29-15-16-32(40(50)46(36)38(29)31)21-34(47)19-25(3)30-8-6-10-33(20-30)41(42,43)55(51,52)53/h5-14,19-20,24,26,32,35-36H,15-18,21-23H2,1-4H3,(H2,44,48)(H,45,49)(H2,51,52,53)/b25-19+/t26-,32-,35+,36+/m1/s1. The van der Waals surface area contributed by atoms with Gasteiger partial charge in [0.1, 0.15) is 6.04 Å². The number of carbonyl (C=O) groups excluding carboxylic acids is 4. The van der Waals surface area contributed by atoms with Crippen LogP contribution in [0.4, 0.5) is 14.5 Å². The van der Waals surface area contributed by atoms with E-state index in [4.69, 9.17) is 20.3 Å². The van der Waals surface area contributed by atoms with Gasteiger partial charge in [0.2, 0.25) is 17.7 Å². The molecule has 0 unspecified atom stereocenters. The lowest BCUT2D eigenvalue weighted by Gasteiger charge is -2.31. The molecule has 294 valence electrons. The number of benzene rings is 3. The van der Waals surface area contributed by atoms with Gasteiger partial charge in [-0.25, -0.2) is 0 Å². The molecule has 0 aromatic heterocycles. The van der Waals surface area contributed by atoms with E-state index in [2.05, 4.69) is 19.2 Å². The van der Waals surface area contributed by atoms with Gasteiger partial charge in [0.05, 0.1) is 24.4 Å². The maximum atomic E-state index is 14.4. The second kappa shape index (κ2) is 17.1. The Bertz CT molecular complexity index is 2010. The van der Waals surface area contributed by atoms with Crippen LogP contribution in [0.2, 0.25) is 0 Å². The number of allylic oxidation sites excluding steroid dienone is 2. The molecule has 2 heterocycles. The summed E-state index contributed by atoms with van der Waals surface area (Å²) in [7, 11) is -5.80. The highest BCUT2D eigenvalue weighted by atomic mass is 31.2. The first-order chi connectivity index (χ1) is 25.9. The smallest absolute Gasteiger partial charge is 0.372 e. The molecule has 5 rings (SSSR count). The Hall–Kier alpha value is -4.55. The number of nitrogens with two attached hydrogens (primary N) is 1. The van der Waals surface area contributed by atoms with Crippen LogP contribution in [0.3, 0.4) is 0 Å². The summed E-state index contributed by atoms with van der Waals surface area (Å²) >= 11 is 0. The van der Waals surface area contributed by atoms with E-state index in [9.17, 15) is 32.5 Å². The normalized spacial score (nSPS) is 18.5. The number of carbonyl (C=O) groups is 4. The number of hydrogen-bond donors (Lipinski definition) is 4. The van der Waals surface area contributed by atoms with Crippen LogP contribution >= 0.6 is 7.60 Å². The highest BCUT2D eigenvalue weighted by Crippen LogP contribution is 2.59. The van der Waals surface area contributed by atoms with Gasteiger partial charge in [-0.1, -0.05) is 74.5 Å². The number of aryl methyl sites for hydroxylation is 1. The Morgan fingerprint density at radius 1 is 1.05 bits per heavy atom. The van der Waals surface area contributed by atoms with E-state index in [1.807, 2.05) is 49.4 Å². The summed E-state index contributed by atoms with van der Waals surface area (Å²) in [5, 5.41) is 3.04. The predicted molar refractivity (Wildman–Crippen MR) is 204 cm³/mol. The minimum Gasteiger partial charge on any atom is -0.372 e. The molecule has 11 nitrogen and oxygen atoms in total. The van der Waals surface area contributed by atoms with Gasteiger partial charge in [-0.15, -0.1) is 0 Å². The summed E-state index contributed by atoms with van der Waals surface area (Å²) in [6.45, 7) is 7.82. The molecule has 0 saturated heterocycles. The minimum atomic E-state index is -5.80. The van der Waals surface area contributed by atoms with Gasteiger partial charge in [-0.3, -0.25) is 28.6 Å². The van der Waals surface area contributed by atoms with Crippen molar-refractivity contribution >= 4 is 42.4 Å². The largest absolute Gasteiger partial charge is 0.399 e. The highest BCUT2D eigenvalue weighted by Gasteiger charge is 2.50. The first-order valence-electron chi connectivity index (χ1n) is 18.4. The van der Waals surface area contributed by atoms with Gasteiger partial charge in [0.25, 0.3) is 0 Å². The van der Waals surface area contributed by atoms with Crippen LogP contribution in [-0.2, 0) is 53.6 Å². The van der Waals surface area contributed by atoms with Crippen molar-refractivity contribution in [2.24, 2.45) is 11.7 Å². The second-order valence-electron chi connectivity index (χ2n) is 14.8. The Morgan fingerprint density at radius 2 is 1.73 bits per heavy atom. The van der Waals surface area contributed by atoms with E-state index in [1.165, 1.54) is 35.6 Å². The number of amides is 3. The lowest BCUT2D eigenvalue weighted by molar-refractivity contribution is -0.130. The third-order valence-corrected chi connectivity index (χ3v) is 11.4. The van der Waals surface area contributed by atoms with Crippen LogP contribution in [0.25, 0.3) is 5.57 Å². The van der Waals surface area contributed by atoms with Crippen LogP contribution in [0.5, 0.6) is 0 Å². The molecule has 0 bridgehead atoms. The summed E-state index contributed by atoms with van der Waals surface area (Å²) in [6, 6.07) is 16.7. The third kappa shape index (κ3) is 9.64. The molecule has 2 aliphatic heterocycles. The van der Waals surface area contributed by atoms with Crippen LogP contribution in [0.15, 0.2) is 72.8 Å². The summed E-state index contributed by atoms with van der Waals surface area (Å²) in [5.41, 5.74) is 5.10. The van der Waals surface area contributed by atoms with Crippen molar-refractivity contribution in [1.29, 1.82) is 0 Å². The fraction of sp³-hybridized carbons (Fsp3) is 0.415. The van der Waals surface area contributed by atoms with Gasteiger partial charge in [0, 0.05) is 30.7 Å². The summed E-state index contributed by atoms with van der Waals surface area (Å²) < 4.78 is 46.4. The van der Waals surface area contributed by atoms with Gasteiger partial charge in [-0.2, -0.15) is 8.78 Å². The number of alkyl halides is 2. The van der Waals surface area contributed by atoms with Gasteiger partial charge >= 0.3 is 13.3 Å². The molecule has 0 saturated carbocycles. The van der Waals surface area contributed by atoms with E-state index in [0.717, 1.165) is 28.8 Å². The van der Waals surface area contributed by atoms with E-state index < -0.39 is 66.4 Å². The fourth-order valence-corrected chi connectivity index (χ4v) is 7.65. The Morgan fingerprint density at radius 3 is 2.38 bits per heavy atom. The van der Waals surface area contributed by atoms with E-state index >= 15 is 0 Å². The van der Waals surface area contributed by atoms with E-state index in [-0.39, 0.29) is 43.4 Å². The number of hydrogen-bond acceptors (Lipinski definition) is 6. The van der Waals surface area contributed by atoms with Crippen molar-refractivity contribution < 1.29 is 47.0 Å². The molecule has 0 radical (unpaired) electrons. The SMILES string of the molecule is C/C(=C\C(=O)C[C@H]1CCc2cccc3c2N(C1=O)[C@H](C(=O)N[C@@H](CCC(N)=O)[C@@H](C)OCc1ccc(C(C)C)cc1)C3)c1cccc(C(F)(F)P(=O)(O)O)c1. The molecule has 0 aliphatic carbocycles. The Balaban J connectivity index is 1.32. The van der Waals surface area contributed by atoms with Crippen molar-refractivity contribution in [2.45, 2.75) is 103 Å². The minimum absolute atomic E-state index is 0.00688. The van der Waals surface area contributed by atoms with Crippen LogP contribution in [0, 0.1) is 5.92 Å². The molecule has 0 fully saturated rings. The number of anilines is 1. The Labute approximate surface area is 319 Å². The molecule has 3 aromatic carbocycles.